The molecule has 0 aliphatic heterocycles. The number of likely N-dealkylation sites (N-methyl/N-ethyl adjacent to an activating group) is 1. The van der Waals surface area contributed by atoms with Crippen LogP contribution in [0.2, 0.25) is 0 Å². The Kier molecular flexibility index (Phi) is 6.53. The zero-order valence-corrected chi connectivity index (χ0v) is 14.5. The molecular formula is C20H25NO3. The normalized spacial score (nSPS) is 12.2. The van der Waals surface area contributed by atoms with Gasteiger partial charge in [0, 0.05) is 20.0 Å². The molecular weight excluding hydrogens is 302 g/mol. The van der Waals surface area contributed by atoms with Crippen LogP contribution >= 0.6 is 0 Å². The van der Waals surface area contributed by atoms with Crippen LogP contribution in [0.25, 0.3) is 0 Å². The number of aliphatic hydroxyl groups is 1. The van der Waals surface area contributed by atoms with Crippen molar-refractivity contribution >= 4 is 5.97 Å². The number of carbonyl (C=O) groups is 1. The number of esters is 1. The van der Waals surface area contributed by atoms with E-state index in [4.69, 9.17) is 4.74 Å². The maximum atomic E-state index is 10.9. The minimum absolute atomic E-state index is 0.320. The molecule has 4 nitrogen and oxygen atoms in total. The molecule has 4 heteroatoms. The second-order valence-electron chi connectivity index (χ2n) is 5.99. The van der Waals surface area contributed by atoms with Crippen LogP contribution < -0.4 is 4.74 Å². The van der Waals surface area contributed by atoms with Crippen LogP contribution in [-0.2, 0) is 11.3 Å². The maximum absolute atomic E-state index is 10.9. The predicted octanol–water partition coefficient (Wildman–Crippen LogP) is 3.48. The van der Waals surface area contributed by atoms with Crippen LogP contribution in [0.1, 0.15) is 36.6 Å². The van der Waals surface area contributed by atoms with E-state index in [0.29, 0.717) is 12.3 Å². The third-order valence-corrected chi connectivity index (χ3v) is 3.93. The second-order valence-corrected chi connectivity index (χ2v) is 5.99. The van der Waals surface area contributed by atoms with Gasteiger partial charge in [-0.2, -0.15) is 0 Å². The topological polar surface area (TPSA) is 49.8 Å². The lowest BCUT2D eigenvalue weighted by Crippen LogP contribution is -2.28. The second kappa shape index (κ2) is 8.62. The van der Waals surface area contributed by atoms with Gasteiger partial charge in [0.1, 0.15) is 5.75 Å². The minimum atomic E-state index is -0.508. The van der Waals surface area contributed by atoms with Crippen LogP contribution in [0.5, 0.6) is 5.75 Å². The predicted molar refractivity (Wildman–Crippen MR) is 94.8 cm³/mol. The third-order valence-electron chi connectivity index (χ3n) is 3.93. The monoisotopic (exact) mass is 327 g/mol. The highest BCUT2D eigenvalue weighted by molar-refractivity contribution is 5.69. The number of aryl methyl sites for hydroxylation is 1. The van der Waals surface area contributed by atoms with Gasteiger partial charge in [-0.25, -0.2) is 0 Å². The summed E-state index contributed by atoms with van der Waals surface area (Å²) in [6.45, 7) is 7.65. The molecule has 0 heterocycles. The van der Waals surface area contributed by atoms with E-state index in [1.165, 1.54) is 12.5 Å². The molecule has 0 radical (unpaired) electrons. The zero-order chi connectivity index (χ0) is 17.5. The van der Waals surface area contributed by atoms with Crippen molar-refractivity contribution in [1.29, 1.82) is 0 Å². The summed E-state index contributed by atoms with van der Waals surface area (Å²) in [6.07, 6.45) is -0.508. The molecule has 24 heavy (non-hydrogen) atoms. The molecule has 1 atom stereocenters. The molecule has 1 N–H and O–H groups in total. The van der Waals surface area contributed by atoms with Gasteiger partial charge in [0.2, 0.25) is 0 Å². The molecule has 0 fully saturated rings. The number of ether oxygens (including phenoxy) is 1. The van der Waals surface area contributed by atoms with E-state index in [0.717, 1.165) is 24.2 Å². The lowest BCUT2D eigenvalue weighted by atomic mass is 10.1. The molecule has 2 aromatic rings. The standard InChI is InChI=1S/C20H25NO3/c1-4-21(14-20(23)18-9-5-15(2)6-10-18)13-17-7-11-19(12-8-17)24-16(3)22/h5-12,20,23H,4,13-14H2,1-3H3. The van der Waals surface area contributed by atoms with E-state index in [9.17, 15) is 9.90 Å². The van der Waals surface area contributed by atoms with Crippen molar-refractivity contribution in [3.63, 3.8) is 0 Å². The molecule has 1 unspecified atom stereocenters. The Balaban J connectivity index is 1.96. The molecule has 0 aromatic heterocycles. The van der Waals surface area contributed by atoms with Gasteiger partial charge < -0.3 is 9.84 Å². The molecule has 128 valence electrons. The molecule has 0 aliphatic carbocycles. The van der Waals surface area contributed by atoms with E-state index in [1.54, 1.807) is 12.1 Å². The largest absolute Gasteiger partial charge is 0.427 e. The molecule has 0 saturated carbocycles. The summed E-state index contributed by atoms with van der Waals surface area (Å²) >= 11 is 0. The minimum Gasteiger partial charge on any atom is -0.427 e. The number of aliphatic hydroxyl groups excluding tert-OH is 1. The van der Waals surface area contributed by atoms with Gasteiger partial charge in [-0.3, -0.25) is 9.69 Å². The molecule has 0 amide bonds. The lowest BCUT2D eigenvalue weighted by Gasteiger charge is -2.24. The van der Waals surface area contributed by atoms with Crippen molar-refractivity contribution in [3.8, 4) is 5.75 Å². The average Bonchev–Trinajstić information content (AvgIpc) is 2.56. The molecule has 0 spiro atoms. The van der Waals surface area contributed by atoms with E-state index < -0.39 is 6.10 Å². The Morgan fingerprint density at radius 2 is 1.75 bits per heavy atom. The van der Waals surface area contributed by atoms with Gasteiger partial charge in [-0.05, 0) is 36.7 Å². The first-order valence-electron chi connectivity index (χ1n) is 8.22. The van der Waals surface area contributed by atoms with Crippen molar-refractivity contribution in [3.05, 3.63) is 65.2 Å². The summed E-state index contributed by atoms with van der Waals surface area (Å²) in [5, 5.41) is 10.4. The first-order chi connectivity index (χ1) is 11.5. The summed E-state index contributed by atoms with van der Waals surface area (Å²) < 4.78 is 5.04. The van der Waals surface area contributed by atoms with Crippen LogP contribution in [0.3, 0.4) is 0 Å². The highest BCUT2D eigenvalue weighted by Crippen LogP contribution is 2.18. The van der Waals surface area contributed by atoms with Crippen LogP contribution in [0.4, 0.5) is 0 Å². The summed E-state index contributed by atoms with van der Waals surface area (Å²) in [5.74, 6) is 0.230. The lowest BCUT2D eigenvalue weighted by molar-refractivity contribution is -0.131. The average molecular weight is 327 g/mol. The van der Waals surface area contributed by atoms with E-state index in [-0.39, 0.29) is 5.97 Å². The van der Waals surface area contributed by atoms with Crippen LogP contribution in [0.15, 0.2) is 48.5 Å². The number of hydrogen-bond donors (Lipinski definition) is 1. The van der Waals surface area contributed by atoms with Gasteiger partial charge in [0.25, 0.3) is 0 Å². The molecule has 2 aromatic carbocycles. The Hall–Kier alpha value is -2.17. The summed E-state index contributed by atoms with van der Waals surface area (Å²) in [4.78, 5) is 13.1. The Bertz CT molecular complexity index is 650. The van der Waals surface area contributed by atoms with Crippen molar-refractivity contribution in [2.24, 2.45) is 0 Å². The highest BCUT2D eigenvalue weighted by atomic mass is 16.5. The van der Waals surface area contributed by atoms with Crippen LogP contribution in [0, 0.1) is 6.92 Å². The molecule has 0 saturated heterocycles. The first-order valence-corrected chi connectivity index (χ1v) is 8.22. The molecule has 0 bridgehead atoms. The Labute approximate surface area is 143 Å². The summed E-state index contributed by atoms with van der Waals surface area (Å²) in [6, 6.07) is 15.5. The number of hydrogen-bond acceptors (Lipinski definition) is 4. The fourth-order valence-electron chi connectivity index (χ4n) is 2.53. The van der Waals surface area contributed by atoms with Crippen molar-refractivity contribution in [1.82, 2.24) is 4.90 Å². The fourth-order valence-corrected chi connectivity index (χ4v) is 2.53. The van der Waals surface area contributed by atoms with Gasteiger partial charge in [-0.15, -0.1) is 0 Å². The van der Waals surface area contributed by atoms with Gasteiger partial charge in [0.15, 0.2) is 0 Å². The van der Waals surface area contributed by atoms with E-state index >= 15 is 0 Å². The first kappa shape index (κ1) is 18.2. The van der Waals surface area contributed by atoms with Crippen molar-refractivity contribution < 1.29 is 14.6 Å². The maximum Gasteiger partial charge on any atom is 0.308 e. The van der Waals surface area contributed by atoms with Gasteiger partial charge >= 0.3 is 5.97 Å². The summed E-state index contributed by atoms with van der Waals surface area (Å²) in [7, 11) is 0. The third kappa shape index (κ3) is 5.48. The van der Waals surface area contributed by atoms with Crippen LogP contribution in [-0.4, -0.2) is 29.1 Å². The summed E-state index contributed by atoms with van der Waals surface area (Å²) in [5.41, 5.74) is 3.24. The van der Waals surface area contributed by atoms with Crippen molar-refractivity contribution in [2.45, 2.75) is 33.4 Å². The SMILES string of the molecule is CCN(Cc1ccc(OC(C)=O)cc1)CC(O)c1ccc(C)cc1. The number of carbonyl (C=O) groups excluding carboxylic acids is 1. The van der Waals surface area contributed by atoms with Crippen molar-refractivity contribution in [2.75, 3.05) is 13.1 Å². The Morgan fingerprint density at radius 1 is 1.12 bits per heavy atom. The quantitative estimate of drug-likeness (QED) is 0.625. The number of nitrogens with zero attached hydrogens (tertiary/aromatic N) is 1. The van der Waals surface area contributed by atoms with E-state index in [1.807, 2.05) is 43.3 Å². The molecule has 0 aliphatic rings. The fraction of sp³-hybridized carbons (Fsp3) is 0.350. The Morgan fingerprint density at radius 3 is 2.29 bits per heavy atom. The number of rotatable bonds is 7. The van der Waals surface area contributed by atoms with Gasteiger partial charge in [-0.1, -0.05) is 48.9 Å². The highest BCUT2D eigenvalue weighted by Gasteiger charge is 2.13. The smallest absolute Gasteiger partial charge is 0.308 e. The number of benzene rings is 2. The van der Waals surface area contributed by atoms with Gasteiger partial charge in [0.05, 0.1) is 6.10 Å². The zero-order valence-electron chi connectivity index (χ0n) is 14.5. The molecule has 2 rings (SSSR count). The van der Waals surface area contributed by atoms with E-state index in [2.05, 4.69) is 11.8 Å².